The van der Waals surface area contributed by atoms with Crippen LogP contribution in [0.1, 0.15) is 5.56 Å². The zero-order valence-electron chi connectivity index (χ0n) is 12.7. The molecule has 0 aliphatic heterocycles. The van der Waals surface area contributed by atoms with Crippen molar-refractivity contribution in [2.75, 3.05) is 11.2 Å². The molecule has 2 aromatic carbocycles. The molecule has 1 heterocycles. The average Bonchev–Trinajstić information content (AvgIpc) is 2.60. The van der Waals surface area contributed by atoms with Crippen LogP contribution in [-0.4, -0.2) is 21.6 Å². The van der Waals surface area contributed by atoms with Gasteiger partial charge >= 0.3 is 0 Å². The maximum atomic E-state index is 14.1. The van der Waals surface area contributed by atoms with E-state index in [1.165, 1.54) is 12.4 Å². The van der Waals surface area contributed by atoms with Gasteiger partial charge in [-0.05, 0) is 29.8 Å². The number of nitrogens with zero attached hydrogens (tertiary/aromatic N) is 2. The molecule has 0 unspecified atom stereocenters. The number of Topliss-reactive ketones (excluding diaryl/α,β-unsaturated/α-hetero) is 1. The van der Waals surface area contributed by atoms with Crippen LogP contribution in [0.15, 0.2) is 36.7 Å². The summed E-state index contributed by atoms with van der Waals surface area (Å²) in [5, 5.41) is 3.89. The van der Waals surface area contributed by atoms with E-state index in [0.717, 1.165) is 11.6 Å². The van der Waals surface area contributed by atoms with Crippen LogP contribution in [0.25, 0.3) is 10.9 Å². The first-order valence-corrected chi connectivity index (χ1v) is 8.50. The minimum atomic E-state index is -0.561. The molecule has 4 nitrogen and oxygen atoms in total. The number of nitrogens with one attached hydrogen (secondary N) is 1. The number of carbonyl (C=O) groups is 1. The molecule has 0 saturated carbocycles. The Bertz CT molecular complexity index is 965. The second kappa shape index (κ2) is 7.52. The van der Waals surface area contributed by atoms with Crippen LogP contribution in [-0.2, 0) is 11.2 Å². The Morgan fingerprint density at radius 3 is 2.64 bits per heavy atom. The van der Waals surface area contributed by atoms with Crippen molar-refractivity contribution >= 4 is 63.0 Å². The SMILES string of the molecule is O=C(CCl)Cc1ccc2ncnc(Nc3cc(Cl)c(Cl)cc3F)c2c1. The van der Waals surface area contributed by atoms with E-state index in [2.05, 4.69) is 15.3 Å². The predicted molar refractivity (Wildman–Crippen MR) is 98.7 cm³/mol. The van der Waals surface area contributed by atoms with Crippen molar-refractivity contribution in [3.63, 3.8) is 0 Å². The second-order valence-corrected chi connectivity index (χ2v) is 6.38. The van der Waals surface area contributed by atoms with Gasteiger partial charge < -0.3 is 5.32 Å². The molecule has 3 aromatic rings. The summed E-state index contributed by atoms with van der Waals surface area (Å²) in [6.07, 6.45) is 1.57. The van der Waals surface area contributed by atoms with Crippen LogP contribution in [0.3, 0.4) is 0 Å². The number of alkyl halides is 1. The number of anilines is 2. The molecule has 1 aromatic heterocycles. The third kappa shape index (κ3) is 4.00. The molecule has 0 bridgehead atoms. The van der Waals surface area contributed by atoms with E-state index < -0.39 is 5.82 Å². The number of hydrogen-bond acceptors (Lipinski definition) is 4. The fourth-order valence-corrected chi connectivity index (χ4v) is 2.74. The molecule has 0 fully saturated rings. The van der Waals surface area contributed by atoms with Gasteiger partial charge in [0.1, 0.15) is 18.0 Å². The van der Waals surface area contributed by atoms with Crippen LogP contribution < -0.4 is 5.32 Å². The van der Waals surface area contributed by atoms with Gasteiger partial charge in [0.15, 0.2) is 5.78 Å². The van der Waals surface area contributed by atoms with E-state index in [1.807, 2.05) is 0 Å². The van der Waals surface area contributed by atoms with Crippen LogP contribution in [0.2, 0.25) is 10.0 Å². The van der Waals surface area contributed by atoms with E-state index >= 15 is 0 Å². The molecule has 3 rings (SSSR count). The molecule has 0 radical (unpaired) electrons. The van der Waals surface area contributed by atoms with Gasteiger partial charge in [0.05, 0.1) is 27.1 Å². The number of fused-ring (bicyclic) bond motifs is 1. The smallest absolute Gasteiger partial charge is 0.151 e. The molecule has 0 aliphatic rings. The van der Waals surface area contributed by atoms with E-state index in [1.54, 1.807) is 18.2 Å². The Morgan fingerprint density at radius 2 is 1.88 bits per heavy atom. The lowest BCUT2D eigenvalue weighted by atomic mass is 10.1. The number of aromatic nitrogens is 2. The minimum Gasteiger partial charge on any atom is -0.337 e. The Kier molecular flexibility index (Phi) is 5.37. The number of ketones is 1. The summed E-state index contributed by atoms with van der Waals surface area (Å²) in [7, 11) is 0. The standard InChI is InChI=1S/C17H11Cl3FN3O/c18-7-10(25)3-9-1-2-15-11(4-9)17(23-8-22-15)24-16-6-13(20)12(19)5-14(16)21/h1-2,4-6,8H,3,7H2,(H,22,23,24). The normalized spacial score (nSPS) is 10.9. The Labute approximate surface area is 157 Å². The van der Waals surface area contributed by atoms with E-state index in [0.29, 0.717) is 16.7 Å². The number of hydrogen-bond donors (Lipinski definition) is 1. The Balaban J connectivity index is 2.02. The highest BCUT2D eigenvalue weighted by Crippen LogP contribution is 2.31. The zero-order chi connectivity index (χ0) is 18.0. The summed E-state index contributed by atoms with van der Waals surface area (Å²) in [4.78, 5) is 19.9. The number of benzene rings is 2. The zero-order valence-corrected chi connectivity index (χ0v) is 15.0. The first-order chi connectivity index (χ1) is 12.0. The maximum Gasteiger partial charge on any atom is 0.151 e. The van der Waals surface area contributed by atoms with Crippen molar-refractivity contribution < 1.29 is 9.18 Å². The third-order valence-corrected chi connectivity index (χ3v) is 4.53. The van der Waals surface area contributed by atoms with Crippen molar-refractivity contribution in [2.24, 2.45) is 0 Å². The summed E-state index contributed by atoms with van der Waals surface area (Å²) >= 11 is 17.3. The molecule has 0 saturated heterocycles. The minimum absolute atomic E-state index is 0.0527. The van der Waals surface area contributed by atoms with Crippen LogP contribution >= 0.6 is 34.8 Å². The van der Waals surface area contributed by atoms with Crippen molar-refractivity contribution in [2.45, 2.75) is 6.42 Å². The molecule has 0 aliphatic carbocycles. The largest absolute Gasteiger partial charge is 0.337 e. The van der Waals surface area contributed by atoms with E-state index in [-0.39, 0.29) is 33.8 Å². The molecule has 0 spiro atoms. The fraction of sp³-hybridized carbons (Fsp3) is 0.118. The average molecular weight is 399 g/mol. The lowest BCUT2D eigenvalue weighted by Crippen LogP contribution is -2.04. The predicted octanol–water partition coefficient (Wildman–Crippen LogP) is 5.17. The summed E-state index contributed by atoms with van der Waals surface area (Å²) < 4.78 is 14.1. The lowest BCUT2D eigenvalue weighted by Gasteiger charge is -2.11. The highest BCUT2D eigenvalue weighted by molar-refractivity contribution is 6.42. The summed E-state index contributed by atoms with van der Waals surface area (Å²) in [6.45, 7) is 0. The first-order valence-electron chi connectivity index (χ1n) is 7.21. The van der Waals surface area contributed by atoms with Gasteiger partial charge in [0, 0.05) is 11.8 Å². The van der Waals surface area contributed by atoms with Crippen molar-refractivity contribution in [3.8, 4) is 0 Å². The van der Waals surface area contributed by atoms with Gasteiger partial charge in [-0.3, -0.25) is 4.79 Å². The van der Waals surface area contributed by atoms with Gasteiger partial charge in [0.25, 0.3) is 0 Å². The lowest BCUT2D eigenvalue weighted by molar-refractivity contribution is -0.116. The highest BCUT2D eigenvalue weighted by Gasteiger charge is 2.12. The number of halogens is 4. The fourth-order valence-electron chi connectivity index (χ4n) is 2.33. The van der Waals surface area contributed by atoms with Gasteiger partial charge in [-0.25, -0.2) is 14.4 Å². The molecule has 1 N–H and O–H groups in total. The molecule has 0 atom stereocenters. The summed E-state index contributed by atoms with van der Waals surface area (Å²) in [5.41, 5.74) is 1.56. The van der Waals surface area contributed by atoms with Crippen LogP contribution in [0, 0.1) is 5.82 Å². The quantitative estimate of drug-likeness (QED) is 0.476. The number of rotatable bonds is 5. The topological polar surface area (TPSA) is 54.9 Å². The van der Waals surface area contributed by atoms with E-state index in [4.69, 9.17) is 34.8 Å². The maximum absolute atomic E-state index is 14.1. The Hall–Kier alpha value is -1.95. The second-order valence-electron chi connectivity index (χ2n) is 5.29. The van der Waals surface area contributed by atoms with E-state index in [9.17, 15) is 9.18 Å². The van der Waals surface area contributed by atoms with Crippen LogP contribution in [0.5, 0.6) is 0 Å². The molecule has 0 amide bonds. The van der Waals surface area contributed by atoms with Gasteiger partial charge in [-0.15, -0.1) is 11.6 Å². The molecule has 8 heteroatoms. The molecule has 128 valence electrons. The third-order valence-electron chi connectivity index (χ3n) is 3.51. The number of carbonyl (C=O) groups excluding carboxylic acids is 1. The molecular weight excluding hydrogens is 388 g/mol. The van der Waals surface area contributed by atoms with Gasteiger partial charge in [-0.1, -0.05) is 29.3 Å². The van der Waals surface area contributed by atoms with Gasteiger partial charge in [0.2, 0.25) is 0 Å². The summed E-state index contributed by atoms with van der Waals surface area (Å²) in [5.74, 6) is -0.317. The first kappa shape index (κ1) is 17.9. The van der Waals surface area contributed by atoms with Crippen molar-refractivity contribution in [1.29, 1.82) is 0 Å². The molecule has 25 heavy (non-hydrogen) atoms. The summed E-state index contributed by atoms with van der Waals surface area (Å²) in [6, 6.07) is 7.85. The monoisotopic (exact) mass is 397 g/mol. The van der Waals surface area contributed by atoms with Crippen LogP contribution in [0.4, 0.5) is 15.9 Å². The van der Waals surface area contributed by atoms with Crippen molar-refractivity contribution in [3.05, 3.63) is 58.1 Å². The highest BCUT2D eigenvalue weighted by atomic mass is 35.5. The molecular formula is C17H11Cl3FN3O. The van der Waals surface area contributed by atoms with Crippen molar-refractivity contribution in [1.82, 2.24) is 9.97 Å². The van der Waals surface area contributed by atoms with Gasteiger partial charge in [-0.2, -0.15) is 0 Å². The Morgan fingerprint density at radius 1 is 1.12 bits per heavy atom.